The number of amides is 1. The number of benzene rings is 1. The van der Waals surface area contributed by atoms with Crippen LogP contribution < -0.4 is 5.32 Å². The molecule has 2 aromatic rings. The summed E-state index contributed by atoms with van der Waals surface area (Å²) < 4.78 is 13.1. The van der Waals surface area contributed by atoms with E-state index in [4.69, 9.17) is 0 Å². The molecule has 2 heterocycles. The molecule has 8 heteroatoms. The zero-order chi connectivity index (χ0) is 14.1. The van der Waals surface area contributed by atoms with Gasteiger partial charge in [-0.25, -0.2) is 9.37 Å². The van der Waals surface area contributed by atoms with Crippen molar-refractivity contribution in [3.05, 3.63) is 42.0 Å². The molecule has 3 rings (SSSR count). The molecular formula is C14H17Cl2FN4O. The van der Waals surface area contributed by atoms with Crippen LogP contribution in [0.3, 0.4) is 0 Å². The molecule has 0 spiro atoms. The van der Waals surface area contributed by atoms with Crippen LogP contribution in [0, 0.1) is 5.82 Å². The van der Waals surface area contributed by atoms with Gasteiger partial charge in [0.25, 0.3) is 0 Å². The van der Waals surface area contributed by atoms with Crippen molar-refractivity contribution < 1.29 is 9.18 Å². The highest BCUT2D eigenvalue weighted by atomic mass is 35.5. The molecule has 120 valence electrons. The first-order valence-electron chi connectivity index (χ1n) is 6.42. The Hall–Kier alpha value is -1.63. The smallest absolute Gasteiger partial charge is 0.243 e. The van der Waals surface area contributed by atoms with Crippen LogP contribution in [0.1, 0.15) is 5.82 Å². The van der Waals surface area contributed by atoms with E-state index in [-0.39, 0.29) is 42.6 Å². The number of likely N-dealkylation sites (N-methyl/N-ethyl adjacent to an activating group) is 1. The van der Waals surface area contributed by atoms with E-state index in [2.05, 4.69) is 15.3 Å². The van der Waals surface area contributed by atoms with Crippen molar-refractivity contribution in [3.8, 4) is 0 Å². The summed E-state index contributed by atoms with van der Waals surface area (Å²) in [6.07, 6.45) is 3.78. The Kier molecular flexibility index (Phi) is 6.34. The molecule has 1 unspecified atom stereocenters. The van der Waals surface area contributed by atoms with Crippen molar-refractivity contribution in [2.75, 3.05) is 13.6 Å². The van der Waals surface area contributed by atoms with E-state index in [0.29, 0.717) is 29.9 Å². The quantitative estimate of drug-likeness (QED) is 0.836. The topological polar surface area (TPSA) is 61.0 Å². The standard InChI is InChI=1S/C14H15FN4O.2ClH/c1-19(14(20)11-3-2-6-16-11)8-13-17-10-5-4-9(15)7-12(10)18-13;;/h2-5,7,11,16H,6,8H2,1H3,(H,17,18);2*1H. The normalized spacial score (nSPS) is 16.2. The lowest BCUT2D eigenvalue weighted by Gasteiger charge is -2.19. The summed E-state index contributed by atoms with van der Waals surface area (Å²) in [4.78, 5) is 21.1. The summed E-state index contributed by atoms with van der Waals surface area (Å²) >= 11 is 0. The van der Waals surface area contributed by atoms with Crippen LogP contribution in [0.5, 0.6) is 0 Å². The van der Waals surface area contributed by atoms with Crippen LogP contribution in [-0.2, 0) is 11.3 Å². The van der Waals surface area contributed by atoms with E-state index in [1.807, 2.05) is 12.2 Å². The van der Waals surface area contributed by atoms with Gasteiger partial charge in [-0.2, -0.15) is 0 Å². The third-order valence-electron chi connectivity index (χ3n) is 3.31. The van der Waals surface area contributed by atoms with E-state index in [1.54, 1.807) is 18.0 Å². The molecule has 0 bridgehead atoms. The molecule has 1 aliphatic heterocycles. The number of halogens is 3. The van der Waals surface area contributed by atoms with Gasteiger partial charge in [0.15, 0.2) is 0 Å². The van der Waals surface area contributed by atoms with Crippen molar-refractivity contribution in [2.45, 2.75) is 12.6 Å². The van der Waals surface area contributed by atoms with Crippen molar-refractivity contribution in [2.24, 2.45) is 0 Å². The van der Waals surface area contributed by atoms with Gasteiger partial charge in [-0.15, -0.1) is 24.8 Å². The van der Waals surface area contributed by atoms with Gasteiger partial charge in [0.05, 0.1) is 17.6 Å². The number of nitrogens with one attached hydrogen (secondary N) is 2. The summed E-state index contributed by atoms with van der Waals surface area (Å²) in [7, 11) is 1.73. The molecule has 1 atom stereocenters. The lowest BCUT2D eigenvalue weighted by Crippen LogP contribution is -2.41. The Morgan fingerprint density at radius 1 is 1.45 bits per heavy atom. The third kappa shape index (κ3) is 3.76. The van der Waals surface area contributed by atoms with Crippen LogP contribution in [0.4, 0.5) is 4.39 Å². The molecule has 1 aromatic heterocycles. The maximum Gasteiger partial charge on any atom is 0.243 e. The van der Waals surface area contributed by atoms with Gasteiger partial charge in [0, 0.05) is 13.6 Å². The van der Waals surface area contributed by atoms with E-state index in [1.165, 1.54) is 12.1 Å². The summed E-state index contributed by atoms with van der Waals surface area (Å²) in [5, 5.41) is 3.07. The van der Waals surface area contributed by atoms with Crippen LogP contribution in [0.25, 0.3) is 11.0 Å². The van der Waals surface area contributed by atoms with E-state index >= 15 is 0 Å². The van der Waals surface area contributed by atoms with Gasteiger partial charge >= 0.3 is 0 Å². The number of nitrogens with zero attached hydrogens (tertiary/aromatic N) is 2. The molecule has 1 aromatic carbocycles. The van der Waals surface area contributed by atoms with Crippen molar-refractivity contribution >= 4 is 41.8 Å². The fraction of sp³-hybridized carbons (Fsp3) is 0.286. The minimum atomic E-state index is -0.308. The fourth-order valence-corrected chi connectivity index (χ4v) is 2.29. The number of carbonyl (C=O) groups excluding carboxylic acids is 1. The second kappa shape index (κ2) is 7.58. The Balaban J connectivity index is 0.00000121. The molecule has 2 N–H and O–H groups in total. The maximum absolute atomic E-state index is 13.1. The SMILES string of the molecule is CN(Cc1nc2ccc(F)cc2[nH]1)C(=O)C1C=CCN1.Cl.Cl. The molecule has 5 nitrogen and oxygen atoms in total. The summed E-state index contributed by atoms with van der Waals surface area (Å²) in [5.41, 5.74) is 1.33. The zero-order valence-corrected chi connectivity index (χ0v) is 13.5. The van der Waals surface area contributed by atoms with Crippen molar-refractivity contribution in [3.63, 3.8) is 0 Å². The Labute approximate surface area is 139 Å². The number of H-pyrrole nitrogens is 1. The largest absolute Gasteiger partial charge is 0.340 e. The Morgan fingerprint density at radius 2 is 2.23 bits per heavy atom. The van der Waals surface area contributed by atoms with Gasteiger partial charge in [-0.1, -0.05) is 12.2 Å². The molecule has 1 aliphatic rings. The van der Waals surface area contributed by atoms with Gasteiger partial charge in [0.2, 0.25) is 5.91 Å². The van der Waals surface area contributed by atoms with Crippen LogP contribution in [0.2, 0.25) is 0 Å². The van der Waals surface area contributed by atoms with Gasteiger partial charge in [-0.3, -0.25) is 10.1 Å². The lowest BCUT2D eigenvalue weighted by molar-refractivity contribution is -0.131. The number of imidazole rings is 1. The highest BCUT2D eigenvalue weighted by Crippen LogP contribution is 2.14. The van der Waals surface area contributed by atoms with Gasteiger partial charge in [-0.05, 0) is 18.2 Å². The summed E-state index contributed by atoms with van der Waals surface area (Å²) in [6, 6.07) is 4.12. The number of aromatic amines is 1. The monoisotopic (exact) mass is 346 g/mol. The number of fused-ring (bicyclic) bond motifs is 1. The molecule has 22 heavy (non-hydrogen) atoms. The van der Waals surface area contributed by atoms with E-state index in [9.17, 15) is 9.18 Å². The molecule has 0 saturated heterocycles. The van der Waals surface area contributed by atoms with E-state index in [0.717, 1.165) is 0 Å². The van der Waals surface area contributed by atoms with Gasteiger partial charge < -0.3 is 9.88 Å². The first-order valence-corrected chi connectivity index (χ1v) is 6.42. The lowest BCUT2D eigenvalue weighted by atomic mass is 10.3. The van der Waals surface area contributed by atoms with Crippen molar-refractivity contribution in [1.82, 2.24) is 20.2 Å². The fourth-order valence-electron chi connectivity index (χ4n) is 2.29. The molecular weight excluding hydrogens is 330 g/mol. The Bertz CT molecular complexity index is 689. The Morgan fingerprint density at radius 3 is 2.91 bits per heavy atom. The van der Waals surface area contributed by atoms with Crippen LogP contribution >= 0.6 is 24.8 Å². The van der Waals surface area contributed by atoms with Crippen LogP contribution in [-0.4, -0.2) is 40.4 Å². The van der Waals surface area contributed by atoms with Crippen LogP contribution in [0.15, 0.2) is 30.4 Å². The number of rotatable bonds is 3. The predicted octanol–water partition coefficient (Wildman–Crippen LogP) is 2.03. The summed E-state index contributed by atoms with van der Waals surface area (Å²) in [5.74, 6) is 0.325. The summed E-state index contributed by atoms with van der Waals surface area (Å²) in [6.45, 7) is 1.08. The number of carbonyl (C=O) groups is 1. The molecule has 0 radical (unpaired) electrons. The van der Waals surface area contributed by atoms with Gasteiger partial charge in [0.1, 0.15) is 17.7 Å². The molecule has 0 fully saturated rings. The highest BCUT2D eigenvalue weighted by molar-refractivity contribution is 5.85. The third-order valence-corrected chi connectivity index (χ3v) is 3.31. The number of aromatic nitrogens is 2. The number of hydrogen-bond donors (Lipinski definition) is 2. The average molecular weight is 347 g/mol. The first kappa shape index (κ1) is 18.4. The second-order valence-electron chi connectivity index (χ2n) is 4.85. The molecule has 1 amide bonds. The highest BCUT2D eigenvalue weighted by Gasteiger charge is 2.21. The minimum absolute atomic E-state index is 0. The minimum Gasteiger partial charge on any atom is -0.340 e. The van der Waals surface area contributed by atoms with E-state index < -0.39 is 0 Å². The second-order valence-corrected chi connectivity index (χ2v) is 4.85. The number of hydrogen-bond acceptors (Lipinski definition) is 3. The molecule has 0 aliphatic carbocycles. The van der Waals surface area contributed by atoms with Crippen molar-refractivity contribution in [1.29, 1.82) is 0 Å². The predicted molar refractivity (Wildman–Crippen MR) is 88.0 cm³/mol. The first-order chi connectivity index (χ1) is 9.63. The maximum atomic E-state index is 13.1. The molecule has 0 saturated carbocycles. The average Bonchev–Trinajstić information content (AvgIpc) is 3.05. The zero-order valence-electron chi connectivity index (χ0n) is 11.9.